The average molecular weight is 383 g/mol. The first-order chi connectivity index (χ1) is 12.6. The van der Waals surface area contributed by atoms with Gasteiger partial charge in [0.05, 0.1) is 0 Å². The van der Waals surface area contributed by atoms with Gasteiger partial charge < -0.3 is 10.6 Å². The summed E-state index contributed by atoms with van der Waals surface area (Å²) >= 11 is 7.34. The minimum absolute atomic E-state index is 0.577. The second kappa shape index (κ2) is 7.61. The van der Waals surface area contributed by atoms with E-state index in [1.54, 1.807) is 0 Å². The monoisotopic (exact) mass is 382 g/mol. The Bertz CT molecular complexity index is 800. The van der Waals surface area contributed by atoms with Crippen molar-refractivity contribution >= 4 is 34.8 Å². The first-order valence-electron chi connectivity index (χ1n) is 9.49. The fourth-order valence-electron chi connectivity index (χ4n) is 4.31. The number of nitrogens with one attached hydrogen (secondary N) is 2. The molecule has 0 saturated heterocycles. The molecule has 0 aliphatic heterocycles. The smallest absolute Gasteiger partial charge is 0.171 e. The molecule has 0 radical (unpaired) electrons. The van der Waals surface area contributed by atoms with Gasteiger partial charge in [-0.1, -0.05) is 30.3 Å². The predicted molar refractivity (Wildman–Crippen MR) is 115 cm³/mol. The van der Waals surface area contributed by atoms with Gasteiger partial charge in [0.1, 0.15) is 0 Å². The number of anilines is 1. The maximum Gasteiger partial charge on any atom is 0.171 e. The molecule has 4 rings (SSSR count). The Morgan fingerprint density at radius 3 is 2.54 bits per heavy atom. The van der Waals surface area contributed by atoms with E-state index in [1.807, 2.05) is 11.8 Å². The van der Waals surface area contributed by atoms with E-state index >= 15 is 0 Å². The van der Waals surface area contributed by atoms with Crippen LogP contribution in [0.3, 0.4) is 0 Å². The molecule has 0 heterocycles. The van der Waals surface area contributed by atoms with Crippen LogP contribution in [0.4, 0.5) is 5.69 Å². The molecule has 2 bridgehead atoms. The third-order valence-corrected chi connectivity index (χ3v) is 7.13. The number of fused-ring (bicyclic) bond motifs is 2. The number of hydrogen-bond acceptors (Lipinski definition) is 2. The second-order valence-corrected chi connectivity index (χ2v) is 9.30. The highest BCUT2D eigenvalue weighted by Crippen LogP contribution is 2.44. The van der Waals surface area contributed by atoms with Crippen molar-refractivity contribution in [3.05, 3.63) is 53.6 Å². The molecule has 2 saturated carbocycles. The van der Waals surface area contributed by atoms with Crippen LogP contribution >= 0.6 is 24.0 Å². The van der Waals surface area contributed by atoms with Crippen molar-refractivity contribution in [1.82, 2.24) is 5.32 Å². The Kier molecular flexibility index (Phi) is 5.23. The average Bonchev–Trinajstić information content (AvgIpc) is 3.23. The third kappa shape index (κ3) is 4.07. The van der Waals surface area contributed by atoms with Crippen molar-refractivity contribution in [1.29, 1.82) is 0 Å². The molecule has 0 spiro atoms. The fourth-order valence-corrected chi connectivity index (χ4v) is 5.58. The summed E-state index contributed by atoms with van der Waals surface area (Å²) in [5.41, 5.74) is 3.67. The zero-order valence-corrected chi connectivity index (χ0v) is 17.1. The molecule has 26 heavy (non-hydrogen) atoms. The van der Waals surface area contributed by atoms with E-state index in [2.05, 4.69) is 66.9 Å². The van der Waals surface area contributed by atoms with E-state index in [0.717, 1.165) is 22.6 Å². The van der Waals surface area contributed by atoms with E-state index in [4.69, 9.17) is 12.2 Å². The molecule has 2 aliphatic rings. The van der Waals surface area contributed by atoms with Crippen LogP contribution < -0.4 is 10.6 Å². The number of aryl methyl sites for hydroxylation is 2. The first kappa shape index (κ1) is 17.9. The lowest BCUT2D eigenvalue weighted by atomic mass is 9.96. The molecule has 0 aromatic heterocycles. The van der Waals surface area contributed by atoms with Gasteiger partial charge in [-0.3, -0.25) is 0 Å². The highest BCUT2D eigenvalue weighted by atomic mass is 32.2. The molecular weight excluding hydrogens is 356 g/mol. The van der Waals surface area contributed by atoms with Gasteiger partial charge in [0, 0.05) is 21.5 Å². The van der Waals surface area contributed by atoms with Gasteiger partial charge >= 0.3 is 0 Å². The summed E-state index contributed by atoms with van der Waals surface area (Å²) < 4.78 is 0. The SMILES string of the molecule is Cc1ccc(C)c(Sc2ccc(NC(=S)N[C@@H]3C[C@H]4CC[C@@H]3C4)cc2)c1. The molecule has 2 N–H and O–H groups in total. The molecule has 0 unspecified atom stereocenters. The molecule has 2 fully saturated rings. The van der Waals surface area contributed by atoms with Gasteiger partial charge in [0.15, 0.2) is 5.11 Å². The largest absolute Gasteiger partial charge is 0.359 e. The van der Waals surface area contributed by atoms with Gasteiger partial charge in [-0.2, -0.15) is 0 Å². The molecule has 2 aromatic rings. The highest BCUT2D eigenvalue weighted by molar-refractivity contribution is 7.99. The lowest BCUT2D eigenvalue weighted by Crippen LogP contribution is -2.40. The van der Waals surface area contributed by atoms with Crippen LogP contribution in [0.1, 0.15) is 36.8 Å². The second-order valence-electron chi connectivity index (χ2n) is 7.78. The molecule has 0 amide bonds. The molecule has 2 aliphatic carbocycles. The molecular formula is C22H26N2S2. The van der Waals surface area contributed by atoms with Crippen LogP contribution in [0.5, 0.6) is 0 Å². The summed E-state index contributed by atoms with van der Waals surface area (Å²) in [6, 6.07) is 15.7. The molecule has 136 valence electrons. The molecule has 2 aromatic carbocycles. The minimum atomic E-state index is 0.577. The highest BCUT2D eigenvalue weighted by Gasteiger charge is 2.39. The first-order valence-corrected chi connectivity index (χ1v) is 10.7. The van der Waals surface area contributed by atoms with Crippen LogP contribution in [0.15, 0.2) is 52.3 Å². The van der Waals surface area contributed by atoms with Crippen molar-refractivity contribution in [3.63, 3.8) is 0 Å². The van der Waals surface area contributed by atoms with Crippen LogP contribution in [-0.4, -0.2) is 11.2 Å². The van der Waals surface area contributed by atoms with Gasteiger partial charge in [0.2, 0.25) is 0 Å². The number of benzene rings is 2. The zero-order chi connectivity index (χ0) is 18.1. The van der Waals surface area contributed by atoms with Crippen LogP contribution in [0.2, 0.25) is 0 Å². The van der Waals surface area contributed by atoms with Gasteiger partial charge in [0.25, 0.3) is 0 Å². The van der Waals surface area contributed by atoms with Gasteiger partial charge in [-0.15, -0.1) is 0 Å². The summed E-state index contributed by atoms with van der Waals surface area (Å²) in [6.07, 6.45) is 5.47. The minimum Gasteiger partial charge on any atom is -0.359 e. The summed E-state index contributed by atoms with van der Waals surface area (Å²) in [4.78, 5) is 2.57. The maximum atomic E-state index is 5.53. The Hall–Kier alpha value is -1.52. The number of rotatable bonds is 4. The zero-order valence-electron chi connectivity index (χ0n) is 15.4. The standard InChI is InChI=1S/C22H26N2S2/c1-14-3-4-15(2)21(11-14)26-19-9-7-18(8-10-19)23-22(25)24-20-13-16-5-6-17(20)12-16/h3-4,7-11,16-17,20H,5-6,12-13H2,1-2H3,(H2,23,24,25)/t16-,17+,20+/m0/s1. The van der Waals surface area contributed by atoms with Crippen LogP contribution in [0, 0.1) is 25.7 Å². The third-order valence-electron chi connectivity index (χ3n) is 5.74. The van der Waals surface area contributed by atoms with Crippen molar-refractivity contribution in [2.24, 2.45) is 11.8 Å². The van der Waals surface area contributed by atoms with E-state index in [9.17, 15) is 0 Å². The summed E-state index contributed by atoms with van der Waals surface area (Å²) in [7, 11) is 0. The Balaban J connectivity index is 1.34. The normalized spacial score (nSPS) is 23.8. The van der Waals surface area contributed by atoms with E-state index in [1.165, 1.54) is 46.6 Å². The molecule has 3 atom stereocenters. The Morgan fingerprint density at radius 1 is 1.04 bits per heavy atom. The van der Waals surface area contributed by atoms with Crippen molar-refractivity contribution in [2.45, 2.75) is 55.4 Å². The molecule has 4 heteroatoms. The van der Waals surface area contributed by atoms with Crippen LogP contribution in [-0.2, 0) is 0 Å². The van der Waals surface area contributed by atoms with Gasteiger partial charge in [-0.05, 0) is 98.6 Å². The van der Waals surface area contributed by atoms with E-state index in [0.29, 0.717) is 6.04 Å². The predicted octanol–water partition coefficient (Wildman–Crippen LogP) is 5.93. The fraction of sp³-hybridized carbons (Fsp3) is 0.409. The Morgan fingerprint density at radius 2 is 1.85 bits per heavy atom. The van der Waals surface area contributed by atoms with Crippen molar-refractivity contribution < 1.29 is 0 Å². The van der Waals surface area contributed by atoms with Crippen molar-refractivity contribution in [3.8, 4) is 0 Å². The van der Waals surface area contributed by atoms with Gasteiger partial charge in [-0.25, -0.2) is 0 Å². The Labute approximate surface area is 166 Å². The quantitative estimate of drug-likeness (QED) is 0.640. The lowest BCUT2D eigenvalue weighted by Gasteiger charge is -2.24. The summed E-state index contributed by atoms with van der Waals surface area (Å²) in [5.74, 6) is 1.76. The summed E-state index contributed by atoms with van der Waals surface area (Å²) in [5, 5.41) is 7.65. The van der Waals surface area contributed by atoms with Crippen LogP contribution in [0.25, 0.3) is 0 Å². The molecule has 2 nitrogen and oxygen atoms in total. The van der Waals surface area contributed by atoms with Crippen molar-refractivity contribution in [2.75, 3.05) is 5.32 Å². The summed E-state index contributed by atoms with van der Waals surface area (Å²) in [6.45, 7) is 4.30. The van der Waals surface area contributed by atoms with E-state index in [-0.39, 0.29) is 0 Å². The lowest BCUT2D eigenvalue weighted by molar-refractivity contribution is 0.392. The maximum absolute atomic E-state index is 5.53. The number of hydrogen-bond donors (Lipinski definition) is 2. The van der Waals surface area contributed by atoms with E-state index < -0.39 is 0 Å². The topological polar surface area (TPSA) is 24.1 Å². The number of thiocarbonyl (C=S) groups is 1.